The van der Waals surface area contributed by atoms with Gasteiger partial charge in [-0.25, -0.2) is 4.98 Å². The first-order valence-electron chi connectivity index (χ1n) is 6.53. The fourth-order valence-electron chi connectivity index (χ4n) is 1.85. The van der Waals surface area contributed by atoms with E-state index in [1.54, 1.807) is 6.07 Å². The van der Waals surface area contributed by atoms with Gasteiger partial charge in [0.2, 0.25) is 0 Å². The van der Waals surface area contributed by atoms with Crippen molar-refractivity contribution in [2.45, 2.75) is 26.1 Å². The second-order valence-corrected chi connectivity index (χ2v) is 5.42. The van der Waals surface area contributed by atoms with Gasteiger partial charge < -0.3 is 10.6 Å². The van der Waals surface area contributed by atoms with Gasteiger partial charge in [-0.15, -0.1) is 11.3 Å². The second-order valence-electron chi connectivity index (χ2n) is 4.56. The third kappa shape index (κ3) is 4.18. The number of hydrogen-bond acceptors (Lipinski definition) is 4. The molecule has 21 heavy (non-hydrogen) atoms. The van der Waals surface area contributed by atoms with Crippen molar-refractivity contribution in [2.75, 3.05) is 11.9 Å². The zero-order valence-corrected chi connectivity index (χ0v) is 12.5. The molecule has 0 saturated carbocycles. The molecule has 0 saturated heterocycles. The zero-order chi connectivity index (χ0) is 15.5. The fourth-order valence-corrected chi connectivity index (χ4v) is 2.67. The smallest absolute Gasteiger partial charge is 0.332 e. The first-order chi connectivity index (χ1) is 9.90. The van der Waals surface area contributed by atoms with E-state index in [9.17, 15) is 13.2 Å². The van der Waals surface area contributed by atoms with Crippen molar-refractivity contribution in [1.82, 2.24) is 10.3 Å². The summed E-state index contributed by atoms with van der Waals surface area (Å²) in [4.78, 5) is 4.38. The fraction of sp³-hybridized carbons (Fsp3) is 0.357. The molecule has 1 atom stereocenters. The maximum Gasteiger partial charge on any atom is 0.416 e. The van der Waals surface area contributed by atoms with Crippen molar-refractivity contribution >= 4 is 22.2 Å². The number of aromatic nitrogens is 1. The molecule has 0 aliphatic rings. The number of anilines is 2. The Hall–Kier alpha value is -1.60. The van der Waals surface area contributed by atoms with Crippen LogP contribution in [-0.4, -0.2) is 11.5 Å². The molecule has 1 heterocycles. The van der Waals surface area contributed by atoms with Crippen LogP contribution in [0.5, 0.6) is 0 Å². The molecule has 0 spiro atoms. The molecule has 1 aromatic carbocycles. The number of nitrogens with one attached hydrogen (secondary N) is 2. The van der Waals surface area contributed by atoms with Crippen molar-refractivity contribution in [3.63, 3.8) is 0 Å². The first kappa shape index (κ1) is 15.8. The Balaban J connectivity index is 2.12. The van der Waals surface area contributed by atoms with Gasteiger partial charge in [0.15, 0.2) is 5.13 Å². The maximum atomic E-state index is 12.7. The molecule has 0 radical (unpaired) electrons. The molecule has 1 aromatic heterocycles. The number of hydrogen-bond donors (Lipinski definition) is 2. The molecule has 114 valence electrons. The molecule has 0 amide bonds. The van der Waals surface area contributed by atoms with Gasteiger partial charge in [0.05, 0.1) is 11.3 Å². The van der Waals surface area contributed by atoms with Crippen LogP contribution < -0.4 is 10.6 Å². The summed E-state index contributed by atoms with van der Waals surface area (Å²) in [6.45, 7) is 4.83. The summed E-state index contributed by atoms with van der Waals surface area (Å²) in [5.74, 6) is 0. The van der Waals surface area contributed by atoms with Gasteiger partial charge >= 0.3 is 6.18 Å². The van der Waals surface area contributed by atoms with Gasteiger partial charge in [-0.1, -0.05) is 13.0 Å². The highest BCUT2D eigenvalue weighted by Crippen LogP contribution is 2.32. The van der Waals surface area contributed by atoms with Crippen LogP contribution in [0.15, 0.2) is 29.6 Å². The normalized spacial score (nSPS) is 13.2. The summed E-state index contributed by atoms with van der Waals surface area (Å²) in [6.07, 6.45) is -4.34. The number of halogens is 3. The van der Waals surface area contributed by atoms with E-state index in [0.717, 1.165) is 24.4 Å². The van der Waals surface area contributed by atoms with Crippen LogP contribution in [-0.2, 0) is 6.18 Å². The molecule has 0 fully saturated rings. The van der Waals surface area contributed by atoms with Crippen LogP contribution >= 0.6 is 11.3 Å². The van der Waals surface area contributed by atoms with E-state index in [1.165, 1.54) is 17.4 Å². The molecule has 2 aromatic rings. The number of nitrogens with zero attached hydrogens (tertiary/aromatic N) is 1. The second kappa shape index (κ2) is 6.44. The Morgan fingerprint density at radius 2 is 2.10 bits per heavy atom. The molecule has 2 N–H and O–H groups in total. The molecule has 0 bridgehead atoms. The predicted molar refractivity (Wildman–Crippen MR) is 78.9 cm³/mol. The minimum absolute atomic E-state index is 0.114. The summed E-state index contributed by atoms with van der Waals surface area (Å²) in [7, 11) is 0. The van der Waals surface area contributed by atoms with Gasteiger partial charge in [0.25, 0.3) is 0 Å². The van der Waals surface area contributed by atoms with Gasteiger partial charge in [-0.2, -0.15) is 13.2 Å². The topological polar surface area (TPSA) is 37.0 Å². The number of benzene rings is 1. The van der Waals surface area contributed by atoms with Gasteiger partial charge in [0, 0.05) is 17.1 Å². The average molecular weight is 315 g/mol. The van der Waals surface area contributed by atoms with Crippen LogP contribution in [0.2, 0.25) is 0 Å². The largest absolute Gasteiger partial charge is 0.416 e. The summed E-state index contributed by atoms with van der Waals surface area (Å²) < 4.78 is 38.0. The van der Waals surface area contributed by atoms with E-state index >= 15 is 0 Å². The van der Waals surface area contributed by atoms with Crippen molar-refractivity contribution < 1.29 is 13.2 Å². The lowest BCUT2D eigenvalue weighted by Crippen LogP contribution is -2.17. The molecule has 0 aliphatic carbocycles. The number of thiazole rings is 1. The highest BCUT2D eigenvalue weighted by molar-refractivity contribution is 7.13. The maximum absolute atomic E-state index is 12.7. The minimum atomic E-state index is -4.34. The molecule has 0 aliphatic heterocycles. The lowest BCUT2D eigenvalue weighted by Gasteiger charge is -2.09. The SMILES string of the molecule is CCNC(C)c1csc(Nc2cccc(C(F)(F)F)c2)n1. The average Bonchev–Trinajstić information content (AvgIpc) is 2.87. The third-order valence-electron chi connectivity index (χ3n) is 2.92. The van der Waals surface area contributed by atoms with Crippen LogP contribution in [0.4, 0.5) is 24.0 Å². The van der Waals surface area contributed by atoms with Crippen molar-refractivity contribution in [3.05, 3.63) is 40.9 Å². The molecular formula is C14H16F3N3S. The zero-order valence-electron chi connectivity index (χ0n) is 11.7. The Kier molecular flexibility index (Phi) is 4.84. The van der Waals surface area contributed by atoms with Gasteiger partial charge in [0.1, 0.15) is 0 Å². The molecule has 3 nitrogen and oxygen atoms in total. The summed E-state index contributed by atoms with van der Waals surface area (Å²) >= 11 is 1.37. The van der Waals surface area contributed by atoms with Crippen LogP contribution in [0.3, 0.4) is 0 Å². The van der Waals surface area contributed by atoms with Crippen LogP contribution in [0, 0.1) is 0 Å². The molecule has 2 rings (SSSR count). The highest BCUT2D eigenvalue weighted by atomic mass is 32.1. The summed E-state index contributed by atoms with van der Waals surface area (Å²) in [6, 6.07) is 5.20. The third-order valence-corrected chi connectivity index (χ3v) is 3.69. The number of alkyl halides is 3. The van der Waals surface area contributed by atoms with E-state index in [1.807, 2.05) is 19.2 Å². The predicted octanol–water partition coefficient (Wildman–Crippen LogP) is 4.58. The van der Waals surface area contributed by atoms with Gasteiger partial charge in [-0.05, 0) is 31.7 Å². The van der Waals surface area contributed by atoms with Crippen molar-refractivity contribution in [1.29, 1.82) is 0 Å². The van der Waals surface area contributed by atoms with E-state index < -0.39 is 11.7 Å². The summed E-state index contributed by atoms with van der Waals surface area (Å²) in [5.41, 5.74) is 0.573. The van der Waals surface area contributed by atoms with Crippen LogP contribution in [0.1, 0.15) is 31.1 Å². The minimum Gasteiger partial charge on any atom is -0.332 e. The lowest BCUT2D eigenvalue weighted by atomic mass is 10.2. The Morgan fingerprint density at radius 1 is 1.33 bits per heavy atom. The van der Waals surface area contributed by atoms with Crippen molar-refractivity contribution in [2.24, 2.45) is 0 Å². The lowest BCUT2D eigenvalue weighted by molar-refractivity contribution is -0.137. The van der Waals surface area contributed by atoms with Gasteiger partial charge in [-0.3, -0.25) is 0 Å². The van der Waals surface area contributed by atoms with E-state index in [-0.39, 0.29) is 6.04 Å². The molecular weight excluding hydrogens is 299 g/mol. The standard InChI is InChI=1S/C14H16F3N3S/c1-3-18-9(2)12-8-21-13(20-12)19-11-6-4-5-10(7-11)14(15,16)17/h4-9,18H,3H2,1-2H3,(H,19,20). The Bertz CT molecular complexity index is 595. The van der Waals surface area contributed by atoms with Crippen LogP contribution in [0.25, 0.3) is 0 Å². The monoisotopic (exact) mass is 315 g/mol. The van der Waals surface area contributed by atoms with Crippen molar-refractivity contribution in [3.8, 4) is 0 Å². The quantitative estimate of drug-likeness (QED) is 0.848. The van der Waals surface area contributed by atoms with E-state index in [4.69, 9.17) is 0 Å². The van der Waals surface area contributed by atoms with E-state index in [2.05, 4.69) is 15.6 Å². The summed E-state index contributed by atoms with van der Waals surface area (Å²) in [5, 5.41) is 8.62. The Labute approximate surface area is 125 Å². The highest BCUT2D eigenvalue weighted by Gasteiger charge is 2.30. The number of rotatable bonds is 5. The molecule has 7 heteroatoms. The Morgan fingerprint density at radius 3 is 2.76 bits per heavy atom. The van der Waals surface area contributed by atoms with E-state index in [0.29, 0.717) is 10.8 Å². The first-order valence-corrected chi connectivity index (χ1v) is 7.41. The molecule has 1 unspecified atom stereocenters.